The van der Waals surface area contributed by atoms with E-state index >= 15 is 0 Å². The third kappa shape index (κ3) is 8.43. The molecule has 0 saturated heterocycles. The molecule has 4 rings (SSSR count). The summed E-state index contributed by atoms with van der Waals surface area (Å²) >= 11 is 0. The summed E-state index contributed by atoms with van der Waals surface area (Å²) in [5, 5.41) is 5.32. The minimum absolute atomic E-state index is 0. The van der Waals surface area contributed by atoms with Gasteiger partial charge in [-0.2, -0.15) is 35.0 Å². The molecule has 0 radical (unpaired) electrons. The Morgan fingerprint density at radius 1 is 0.640 bits per heavy atom. The molecule has 0 spiro atoms. The molecule has 124 valence electrons. The molecule has 0 bridgehead atoms. The summed E-state index contributed by atoms with van der Waals surface area (Å²) in [6, 6.07) is 29.3. The number of benzene rings is 2. The van der Waals surface area contributed by atoms with Gasteiger partial charge in [-0.05, 0) is 0 Å². The van der Waals surface area contributed by atoms with Gasteiger partial charge in [0.25, 0.3) is 0 Å². The Bertz CT molecular complexity index is 701. The zero-order chi connectivity index (χ0) is 17.6. The average Bonchev–Trinajstić information content (AvgIpc) is 3.26. The van der Waals surface area contributed by atoms with Gasteiger partial charge < -0.3 is 0 Å². The van der Waals surface area contributed by atoms with E-state index in [4.69, 9.17) is 0 Å². The van der Waals surface area contributed by atoms with Crippen LogP contribution in [0, 0.1) is 13.8 Å². The SMILES string of the molecule is C=C[CH2-].C=C[CH2-].[Zr+4].c1ccc2[cH-]ccc2c1.c1ccc2[cH-]ccc2c1. The molecule has 0 heterocycles. The second-order valence-electron chi connectivity index (χ2n) is 4.89. The predicted octanol–water partition coefficient (Wildman–Crippen LogP) is 7.13. The van der Waals surface area contributed by atoms with E-state index < -0.39 is 0 Å². The fourth-order valence-corrected chi connectivity index (χ4v) is 2.14. The summed E-state index contributed by atoms with van der Waals surface area (Å²) in [5.41, 5.74) is 0. The minimum Gasteiger partial charge on any atom is -0.245 e. The molecule has 0 nitrogen and oxygen atoms in total. The normalized spacial score (nSPS) is 8.32. The zero-order valence-electron chi connectivity index (χ0n) is 14.6. The molecular weight excluding hydrogens is 379 g/mol. The van der Waals surface area contributed by atoms with Crippen LogP contribution >= 0.6 is 0 Å². The van der Waals surface area contributed by atoms with Crippen molar-refractivity contribution in [3.8, 4) is 0 Å². The second kappa shape index (κ2) is 14.1. The summed E-state index contributed by atoms with van der Waals surface area (Å²) in [5.74, 6) is 0. The van der Waals surface area contributed by atoms with E-state index in [1.54, 1.807) is 0 Å². The van der Waals surface area contributed by atoms with Crippen LogP contribution in [0.15, 0.2) is 110 Å². The van der Waals surface area contributed by atoms with Gasteiger partial charge in [-0.25, -0.2) is 39.2 Å². The number of fused-ring (bicyclic) bond motifs is 2. The molecule has 4 aromatic rings. The Hall–Kier alpha value is -2.24. The molecule has 0 aliphatic carbocycles. The topological polar surface area (TPSA) is 0 Å². The monoisotopic (exact) mass is 402 g/mol. The number of rotatable bonds is 0. The largest absolute Gasteiger partial charge is 4.00 e. The molecule has 0 unspecified atom stereocenters. The molecule has 0 aliphatic rings. The molecule has 1 heteroatoms. The van der Waals surface area contributed by atoms with E-state index in [-0.39, 0.29) is 26.2 Å². The Morgan fingerprint density at radius 2 is 0.960 bits per heavy atom. The maximum Gasteiger partial charge on any atom is 4.00 e. The Kier molecular flexibility index (Phi) is 12.9. The van der Waals surface area contributed by atoms with Crippen LogP contribution < -0.4 is 0 Å². The van der Waals surface area contributed by atoms with Crippen LogP contribution in [0.3, 0.4) is 0 Å². The van der Waals surface area contributed by atoms with Crippen molar-refractivity contribution in [2.24, 2.45) is 0 Å². The van der Waals surface area contributed by atoms with Crippen molar-refractivity contribution < 1.29 is 26.2 Å². The summed E-state index contributed by atoms with van der Waals surface area (Å²) in [6.07, 6.45) is 3.00. The molecule has 25 heavy (non-hydrogen) atoms. The summed E-state index contributed by atoms with van der Waals surface area (Å²) < 4.78 is 0. The Labute approximate surface area is 171 Å². The van der Waals surface area contributed by atoms with Gasteiger partial charge in [0.2, 0.25) is 0 Å². The summed E-state index contributed by atoms with van der Waals surface area (Å²) in [6.45, 7) is 13.0. The maximum absolute atomic E-state index is 3.25. The van der Waals surface area contributed by atoms with Crippen molar-refractivity contribution in [3.63, 3.8) is 0 Å². The molecule has 0 amide bonds. The van der Waals surface area contributed by atoms with E-state index in [1.165, 1.54) is 33.7 Å². The quantitative estimate of drug-likeness (QED) is 0.274. The van der Waals surface area contributed by atoms with Crippen molar-refractivity contribution in [1.29, 1.82) is 0 Å². The maximum atomic E-state index is 3.25. The average molecular weight is 404 g/mol. The zero-order valence-corrected chi connectivity index (χ0v) is 17.0. The molecule has 0 N–H and O–H groups in total. The summed E-state index contributed by atoms with van der Waals surface area (Å²) in [7, 11) is 0. The minimum atomic E-state index is 0. The van der Waals surface area contributed by atoms with Gasteiger partial charge in [0.05, 0.1) is 0 Å². The van der Waals surface area contributed by atoms with Crippen molar-refractivity contribution in [2.45, 2.75) is 0 Å². The van der Waals surface area contributed by atoms with E-state index in [0.717, 1.165) is 0 Å². The van der Waals surface area contributed by atoms with Gasteiger partial charge in [-0.15, -0.1) is 59.3 Å². The Morgan fingerprint density at radius 3 is 1.28 bits per heavy atom. The van der Waals surface area contributed by atoms with Crippen LogP contribution in [0.25, 0.3) is 21.5 Å². The fourth-order valence-electron chi connectivity index (χ4n) is 2.14. The third-order valence-electron chi connectivity index (χ3n) is 3.10. The summed E-state index contributed by atoms with van der Waals surface area (Å²) in [4.78, 5) is 0. The molecular formula is C24H24Zr. The standard InChI is InChI=1S/2C9H7.2C3H5.Zr/c2*1-2-5-9-7-3-6-8(9)4-1;2*1-3-2;/h2*1-7H;2*3H,1-2H2;/q4*-1;+4. The molecule has 0 aromatic heterocycles. The van der Waals surface area contributed by atoms with E-state index in [0.29, 0.717) is 0 Å². The van der Waals surface area contributed by atoms with Crippen LogP contribution in [0.4, 0.5) is 0 Å². The van der Waals surface area contributed by atoms with Gasteiger partial charge in [0, 0.05) is 0 Å². The molecule has 0 aliphatic heterocycles. The molecule has 0 fully saturated rings. The first kappa shape index (κ1) is 22.8. The number of hydrogen-bond donors (Lipinski definition) is 0. The Balaban J connectivity index is 0.000000344. The first-order valence-corrected chi connectivity index (χ1v) is 7.78. The van der Waals surface area contributed by atoms with Gasteiger partial charge in [-0.1, -0.05) is 12.1 Å². The van der Waals surface area contributed by atoms with Gasteiger partial charge in [0.1, 0.15) is 0 Å². The van der Waals surface area contributed by atoms with Crippen LogP contribution in [-0.2, 0) is 26.2 Å². The van der Waals surface area contributed by atoms with Crippen LogP contribution in [0.2, 0.25) is 0 Å². The van der Waals surface area contributed by atoms with Crippen LogP contribution in [0.1, 0.15) is 0 Å². The van der Waals surface area contributed by atoms with E-state index in [1.807, 2.05) is 0 Å². The molecule has 0 saturated carbocycles. The second-order valence-corrected chi connectivity index (χ2v) is 4.89. The van der Waals surface area contributed by atoms with Crippen molar-refractivity contribution >= 4 is 21.5 Å². The number of hydrogen-bond acceptors (Lipinski definition) is 0. The van der Waals surface area contributed by atoms with Crippen molar-refractivity contribution in [2.75, 3.05) is 0 Å². The first-order chi connectivity index (χ1) is 11.8. The van der Waals surface area contributed by atoms with Crippen LogP contribution in [0.5, 0.6) is 0 Å². The molecule has 0 atom stereocenters. The molecule has 4 aromatic carbocycles. The van der Waals surface area contributed by atoms with Crippen LogP contribution in [-0.4, -0.2) is 0 Å². The van der Waals surface area contributed by atoms with Crippen molar-refractivity contribution in [3.05, 3.63) is 124 Å². The number of allylic oxidation sites excluding steroid dienone is 2. The van der Waals surface area contributed by atoms with E-state index in [9.17, 15) is 0 Å². The van der Waals surface area contributed by atoms with E-state index in [2.05, 4.69) is 112 Å². The van der Waals surface area contributed by atoms with Gasteiger partial charge in [0.15, 0.2) is 0 Å². The third-order valence-corrected chi connectivity index (χ3v) is 3.10. The fraction of sp³-hybridized carbons (Fsp3) is 0. The smallest absolute Gasteiger partial charge is 0.245 e. The van der Waals surface area contributed by atoms with Gasteiger partial charge in [-0.3, -0.25) is 0 Å². The first-order valence-electron chi connectivity index (χ1n) is 7.78. The van der Waals surface area contributed by atoms with Gasteiger partial charge >= 0.3 is 26.2 Å². The predicted molar refractivity (Wildman–Crippen MR) is 110 cm³/mol. The van der Waals surface area contributed by atoms with Crippen molar-refractivity contribution in [1.82, 2.24) is 0 Å².